The average Bonchev–Trinajstić information content (AvgIpc) is 2.72. The Morgan fingerprint density at radius 1 is 1.07 bits per heavy atom. The minimum absolute atomic E-state index is 0.139. The summed E-state index contributed by atoms with van der Waals surface area (Å²) in [5.74, 6) is -0.223. The number of hydrogen-bond donors (Lipinski definition) is 0. The van der Waals surface area contributed by atoms with Gasteiger partial charge < -0.3 is 4.74 Å². The lowest BCUT2D eigenvalue weighted by Gasteiger charge is -2.15. The highest BCUT2D eigenvalue weighted by atomic mass is 16.6. The Kier molecular flexibility index (Phi) is 0.932. The fourth-order valence-electron chi connectivity index (χ4n) is 3.88. The van der Waals surface area contributed by atoms with Crippen molar-refractivity contribution in [1.29, 1.82) is 0 Å². The van der Waals surface area contributed by atoms with Gasteiger partial charge in [-0.2, -0.15) is 0 Å². The maximum Gasteiger partial charge on any atom is 0.318 e. The van der Waals surface area contributed by atoms with E-state index in [4.69, 9.17) is 4.74 Å². The van der Waals surface area contributed by atoms with Crippen LogP contribution in [0, 0.1) is 29.1 Å². The van der Waals surface area contributed by atoms with Crippen molar-refractivity contribution in [3.63, 3.8) is 0 Å². The molecule has 2 saturated carbocycles. The van der Waals surface area contributed by atoms with Crippen molar-refractivity contribution in [2.24, 2.45) is 29.1 Å². The van der Waals surface area contributed by atoms with Crippen molar-refractivity contribution in [3.8, 4) is 0 Å². The molecule has 72 valence electrons. The Morgan fingerprint density at radius 2 is 1.57 bits per heavy atom. The summed E-state index contributed by atoms with van der Waals surface area (Å²) in [4.78, 5) is 23.0. The number of rotatable bonds is 0. The van der Waals surface area contributed by atoms with Crippen molar-refractivity contribution in [3.05, 3.63) is 12.2 Å². The maximum atomic E-state index is 11.5. The molecule has 0 aromatic carbocycles. The first-order valence-corrected chi connectivity index (χ1v) is 5.18. The molecule has 3 aliphatic carbocycles. The van der Waals surface area contributed by atoms with Crippen molar-refractivity contribution in [2.75, 3.05) is 0 Å². The number of carbonyl (C=O) groups excluding carboxylic acids is 2. The summed E-state index contributed by atoms with van der Waals surface area (Å²) in [5, 5.41) is 0. The molecule has 1 heterocycles. The average molecular weight is 190 g/mol. The van der Waals surface area contributed by atoms with Crippen molar-refractivity contribution in [1.82, 2.24) is 0 Å². The molecule has 4 unspecified atom stereocenters. The maximum absolute atomic E-state index is 11.5. The van der Waals surface area contributed by atoms with Gasteiger partial charge in [-0.15, -0.1) is 0 Å². The molecule has 3 heteroatoms. The van der Waals surface area contributed by atoms with Crippen LogP contribution in [0.1, 0.15) is 12.8 Å². The van der Waals surface area contributed by atoms with Gasteiger partial charge in [-0.25, -0.2) is 0 Å². The Balaban J connectivity index is 1.89. The number of esters is 2. The first-order chi connectivity index (χ1) is 6.74. The second-order valence-corrected chi connectivity index (χ2v) is 4.96. The second-order valence-electron chi connectivity index (χ2n) is 4.96. The molecule has 4 aliphatic rings. The molecular weight excluding hydrogens is 180 g/mol. The molecule has 0 amide bonds. The standard InChI is InChI=1S/C11H10O3/c12-9-7-5-1-2-6(11(5)3-4-11)8(7)10(13)14-9/h1-2,5-8H,3-4H2. The lowest BCUT2D eigenvalue weighted by atomic mass is 9.85. The fraction of sp³-hybridized carbons (Fsp3) is 0.636. The molecule has 1 saturated heterocycles. The molecule has 0 aromatic heterocycles. The molecule has 0 N–H and O–H groups in total. The highest BCUT2D eigenvalue weighted by Gasteiger charge is 2.72. The number of cyclic esters (lactones) is 2. The predicted octanol–water partition coefficient (Wildman–Crippen LogP) is 0.898. The third-order valence-corrected chi connectivity index (χ3v) is 4.59. The first-order valence-electron chi connectivity index (χ1n) is 5.18. The van der Waals surface area contributed by atoms with Crippen LogP contribution in [0.25, 0.3) is 0 Å². The minimum atomic E-state index is -0.275. The molecule has 1 aliphatic heterocycles. The molecule has 0 aromatic rings. The fourth-order valence-corrected chi connectivity index (χ4v) is 3.88. The van der Waals surface area contributed by atoms with E-state index >= 15 is 0 Å². The first kappa shape index (κ1) is 7.21. The van der Waals surface area contributed by atoms with Crippen LogP contribution in [0.5, 0.6) is 0 Å². The Bertz CT molecular complexity index is 359. The van der Waals surface area contributed by atoms with Crippen molar-refractivity contribution in [2.45, 2.75) is 12.8 Å². The number of ether oxygens (including phenoxy) is 1. The van der Waals surface area contributed by atoms with Crippen molar-refractivity contribution < 1.29 is 14.3 Å². The van der Waals surface area contributed by atoms with Crippen LogP contribution >= 0.6 is 0 Å². The Labute approximate surface area is 81.1 Å². The van der Waals surface area contributed by atoms with Gasteiger partial charge in [0, 0.05) is 0 Å². The summed E-state index contributed by atoms with van der Waals surface area (Å²) >= 11 is 0. The van der Waals surface area contributed by atoms with Gasteiger partial charge >= 0.3 is 11.9 Å². The number of carbonyl (C=O) groups is 2. The van der Waals surface area contributed by atoms with Crippen LogP contribution in [-0.2, 0) is 14.3 Å². The topological polar surface area (TPSA) is 43.4 Å². The molecule has 14 heavy (non-hydrogen) atoms. The summed E-state index contributed by atoms with van der Waals surface area (Å²) in [5.41, 5.74) is 0.296. The zero-order chi connectivity index (χ0) is 9.50. The molecule has 4 rings (SSSR count). The molecule has 2 bridgehead atoms. The highest BCUT2D eigenvalue weighted by Crippen LogP contribution is 2.73. The van der Waals surface area contributed by atoms with Gasteiger partial charge in [-0.05, 0) is 30.1 Å². The zero-order valence-electron chi connectivity index (χ0n) is 7.60. The van der Waals surface area contributed by atoms with E-state index in [0.29, 0.717) is 17.3 Å². The number of allylic oxidation sites excluding steroid dienone is 2. The predicted molar refractivity (Wildman–Crippen MR) is 45.9 cm³/mol. The highest BCUT2D eigenvalue weighted by molar-refractivity contribution is 5.98. The lowest BCUT2D eigenvalue weighted by molar-refractivity contribution is -0.155. The zero-order valence-corrected chi connectivity index (χ0v) is 7.60. The molecular formula is C11H10O3. The smallest absolute Gasteiger partial charge is 0.318 e. The quantitative estimate of drug-likeness (QED) is 0.324. The van der Waals surface area contributed by atoms with Crippen LogP contribution in [0.3, 0.4) is 0 Å². The SMILES string of the molecule is O=C1OC(=O)C2C1C1C=CC2C12CC2. The molecule has 0 radical (unpaired) electrons. The summed E-state index contributed by atoms with van der Waals surface area (Å²) < 4.78 is 4.71. The van der Waals surface area contributed by atoms with Crippen LogP contribution in [0.2, 0.25) is 0 Å². The molecule has 3 fully saturated rings. The second kappa shape index (κ2) is 1.81. The Hall–Kier alpha value is -1.12. The summed E-state index contributed by atoms with van der Waals surface area (Å²) in [6.45, 7) is 0. The van der Waals surface area contributed by atoms with Crippen LogP contribution in [0.4, 0.5) is 0 Å². The normalized spacial score (nSPS) is 50.0. The van der Waals surface area contributed by atoms with E-state index in [-0.39, 0.29) is 23.8 Å². The van der Waals surface area contributed by atoms with E-state index in [2.05, 4.69) is 12.2 Å². The molecule has 3 nitrogen and oxygen atoms in total. The molecule has 1 spiro atoms. The van der Waals surface area contributed by atoms with Gasteiger partial charge in [-0.3, -0.25) is 9.59 Å². The van der Waals surface area contributed by atoms with Gasteiger partial charge in [0.2, 0.25) is 0 Å². The van der Waals surface area contributed by atoms with Crippen LogP contribution < -0.4 is 0 Å². The van der Waals surface area contributed by atoms with Gasteiger partial charge in [0.15, 0.2) is 0 Å². The minimum Gasteiger partial charge on any atom is -0.393 e. The van der Waals surface area contributed by atoms with Crippen molar-refractivity contribution >= 4 is 11.9 Å². The third-order valence-electron chi connectivity index (χ3n) is 4.59. The summed E-state index contributed by atoms with van der Waals surface area (Å²) in [7, 11) is 0. The summed E-state index contributed by atoms with van der Waals surface area (Å²) in [6.07, 6.45) is 6.64. The van der Waals surface area contributed by atoms with E-state index in [1.165, 1.54) is 12.8 Å². The van der Waals surface area contributed by atoms with Crippen LogP contribution in [0.15, 0.2) is 12.2 Å². The van der Waals surface area contributed by atoms with E-state index in [1.807, 2.05) is 0 Å². The van der Waals surface area contributed by atoms with Gasteiger partial charge in [0.25, 0.3) is 0 Å². The third kappa shape index (κ3) is 0.527. The van der Waals surface area contributed by atoms with E-state index < -0.39 is 0 Å². The summed E-state index contributed by atoms with van der Waals surface area (Å²) in [6, 6.07) is 0. The van der Waals surface area contributed by atoms with E-state index in [1.54, 1.807) is 0 Å². The largest absolute Gasteiger partial charge is 0.393 e. The number of hydrogen-bond acceptors (Lipinski definition) is 3. The Morgan fingerprint density at radius 3 is 2.00 bits per heavy atom. The van der Waals surface area contributed by atoms with Gasteiger partial charge in [0.1, 0.15) is 0 Å². The lowest BCUT2D eigenvalue weighted by Crippen LogP contribution is -2.21. The van der Waals surface area contributed by atoms with E-state index in [0.717, 1.165) is 0 Å². The number of fused-ring (bicyclic) bond motifs is 3. The van der Waals surface area contributed by atoms with E-state index in [9.17, 15) is 9.59 Å². The van der Waals surface area contributed by atoms with Gasteiger partial charge in [-0.1, -0.05) is 12.2 Å². The van der Waals surface area contributed by atoms with Crippen LogP contribution in [-0.4, -0.2) is 11.9 Å². The molecule has 4 atom stereocenters. The van der Waals surface area contributed by atoms with Gasteiger partial charge in [0.05, 0.1) is 11.8 Å². The monoisotopic (exact) mass is 190 g/mol.